The van der Waals surface area contributed by atoms with Crippen molar-refractivity contribution >= 4 is 17.7 Å². The average Bonchev–Trinajstić information content (AvgIpc) is 3.68. The van der Waals surface area contributed by atoms with E-state index in [2.05, 4.69) is 66.5 Å². The molecule has 0 aliphatic carbocycles. The Balaban J connectivity index is 1.03. The van der Waals surface area contributed by atoms with Gasteiger partial charge in [-0.05, 0) is 31.6 Å². The molecular weight excluding hydrogens is 496 g/mol. The standard InChI is InChI=1S/C24H36N8O4S/c1-15(2)19-25-21(35-27-19)18-7-9-31(10-8-18)14-34-23-22(29-37-30-23)33-13-17-5-11-32(12-6-17)24-26-20(16(3)4)28-36-24/h15-18H,5-14H2,1-4H3. The second kappa shape index (κ2) is 11.7. The molecule has 0 unspecified atom stereocenters. The summed E-state index contributed by atoms with van der Waals surface area (Å²) in [6.07, 6.45) is 3.90. The molecule has 0 N–H and O–H groups in total. The molecule has 5 rings (SSSR count). The van der Waals surface area contributed by atoms with Gasteiger partial charge < -0.3 is 23.4 Å². The Hall–Kier alpha value is -2.80. The number of piperidine rings is 2. The minimum Gasteiger partial charge on any atom is -0.473 e. The Morgan fingerprint density at radius 3 is 2.14 bits per heavy atom. The summed E-state index contributed by atoms with van der Waals surface area (Å²) in [6, 6.07) is 0.615. The van der Waals surface area contributed by atoms with Gasteiger partial charge in [0.1, 0.15) is 6.73 Å². The van der Waals surface area contributed by atoms with E-state index in [1.807, 2.05) is 0 Å². The molecule has 12 nitrogen and oxygen atoms in total. The highest BCUT2D eigenvalue weighted by atomic mass is 32.1. The van der Waals surface area contributed by atoms with Crippen LogP contribution < -0.4 is 14.4 Å². The Morgan fingerprint density at radius 2 is 1.49 bits per heavy atom. The average molecular weight is 533 g/mol. The Kier molecular flexibility index (Phi) is 8.18. The van der Waals surface area contributed by atoms with Gasteiger partial charge in [0.2, 0.25) is 5.89 Å². The van der Waals surface area contributed by atoms with Gasteiger partial charge in [0.25, 0.3) is 11.8 Å². The van der Waals surface area contributed by atoms with E-state index in [9.17, 15) is 0 Å². The van der Waals surface area contributed by atoms with Gasteiger partial charge in [-0.15, -0.1) is 8.75 Å². The maximum absolute atomic E-state index is 6.03. The molecular formula is C24H36N8O4S. The van der Waals surface area contributed by atoms with Gasteiger partial charge in [0, 0.05) is 43.9 Å². The molecule has 3 aromatic heterocycles. The molecule has 0 aromatic carbocycles. The van der Waals surface area contributed by atoms with E-state index >= 15 is 0 Å². The summed E-state index contributed by atoms with van der Waals surface area (Å²) < 4.78 is 31.5. The summed E-state index contributed by atoms with van der Waals surface area (Å²) in [6.45, 7) is 12.8. The van der Waals surface area contributed by atoms with Crippen LogP contribution in [0.1, 0.15) is 88.7 Å². The summed E-state index contributed by atoms with van der Waals surface area (Å²) >= 11 is 1.11. The van der Waals surface area contributed by atoms with Crippen LogP contribution in [0.5, 0.6) is 11.8 Å². The normalized spacial score (nSPS) is 18.3. The SMILES string of the molecule is CC(C)c1noc(C2CCN(COc3nsnc3OCC3CCN(c4nc(C(C)C)no4)CC3)CC2)n1. The Bertz CT molecular complexity index is 1030. The minimum atomic E-state index is 0.257. The van der Waals surface area contributed by atoms with Crippen molar-refractivity contribution < 1.29 is 18.5 Å². The molecule has 0 atom stereocenters. The Labute approximate surface area is 221 Å². The van der Waals surface area contributed by atoms with E-state index in [-0.39, 0.29) is 11.8 Å². The smallest absolute Gasteiger partial charge is 0.324 e. The molecule has 37 heavy (non-hydrogen) atoms. The van der Waals surface area contributed by atoms with Crippen molar-refractivity contribution in [1.29, 1.82) is 0 Å². The third-order valence-corrected chi connectivity index (χ3v) is 7.51. The lowest BCUT2D eigenvalue weighted by atomic mass is 9.97. The highest BCUT2D eigenvalue weighted by molar-refractivity contribution is 6.99. The van der Waals surface area contributed by atoms with Crippen molar-refractivity contribution in [3.63, 3.8) is 0 Å². The lowest BCUT2D eigenvalue weighted by Crippen LogP contribution is -2.36. The third kappa shape index (κ3) is 6.38. The highest BCUT2D eigenvalue weighted by Crippen LogP contribution is 2.30. The summed E-state index contributed by atoms with van der Waals surface area (Å²) in [7, 11) is 0. The molecule has 2 fully saturated rings. The van der Waals surface area contributed by atoms with Crippen molar-refractivity contribution in [2.45, 2.75) is 71.1 Å². The first-order chi connectivity index (χ1) is 18.0. The number of nitrogens with zero attached hydrogens (tertiary/aromatic N) is 8. The molecule has 0 amide bonds. The maximum atomic E-state index is 6.03. The number of ether oxygens (including phenoxy) is 2. The molecule has 2 aliphatic heterocycles. The fourth-order valence-corrected chi connectivity index (χ4v) is 4.99. The minimum absolute atomic E-state index is 0.257. The quantitative estimate of drug-likeness (QED) is 0.373. The van der Waals surface area contributed by atoms with Crippen LogP contribution in [0.3, 0.4) is 0 Å². The zero-order valence-electron chi connectivity index (χ0n) is 22.0. The summed E-state index contributed by atoms with van der Waals surface area (Å²) in [4.78, 5) is 13.5. The van der Waals surface area contributed by atoms with Crippen LogP contribution in [0.4, 0.5) is 6.01 Å². The van der Waals surface area contributed by atoms with Gasteiger partial charge in [0.15, 0.2) is 11.6 Å². The molecule has 0 radical (unpaired) electrons. The highest BCUT2D eigenvalue weighted by Gasteiger charge is 2.27. The van der Waals surface area contributed by atoms with Crippen LogP contribution >= 0.6 is 11.7 Å². The molecule has 202 valence electrons. The fourth-order valence-electron chi connectivity index (χ4n) is 4.53. The lowest BCUT2D eigenvalue weighted by molar-refractivity contribution is 0.0881. The van der Waals surface area contributed by atoms with Gasteiger partial charge >= 0.3 is 6.01 Å². The van der Waals surface area contributed by atoms with Crippen molar-refractivity contribution in [3.05, 3.63) is 17.5 Å². The first kappa shape index (κ1) is 25.8. The van der Waals surface area contributed by atoms with Crippen LogP contribution in [0.15, 0.2) is 9.05 Å². The number of hydrogen-bond donors (Lipinski definition) is 0. The van der Waals surface area contributed by atoms with E-state index in [0.29, 0.717) is 42.9 Å². The van der Waals surface area contributed by atoms with Crippen LogP contribution in [-0.2, 0) is 0 Å². The van der Waals surface area contributed by atoms with Gasteiger partial charge in [-0.2, -0.15) is 9.97 Å². The number of anilines is 1. The molecule has 2 saturated heterocycles. The third-order valence-electron chi connectivity index (χ3n) is 7.01. The fraction of sp³-hybridized carbons (Fsp3) is 0.750. The van der Waals surface area contributed by atoms with E-state index in [1.54, 1.807) is 0 Å². The van der Waals surface area contributed by atoms with Gasteiger partial charge in [-0.25, -0.2) is 0 Å². The van der Waals surface area contributed by atoms with Crippen molar-refractivity contribution in [2.75, 3.05) is 44.4 Å². The van der Waals surface area contributed by atoms with Crippen molar-refractivity contribution in [2.24, 2.45) is 5.92 Å². The molecule has 0 spiro atoms. The van der Waals surface area contributed by atoms with Crippen molar-refractivity contribution in [3.8, 4) is 11.8 Å². The molecule has 5 heterocycles. The van der Waals surface area contributed by atoms with Crippen LogP contribution in [0.2, 0.25) is 0 Å². The molecule has 0 saturated carbocycles. The summed E-state index contributed by atoms with van der Waals surface area (Å²) in [5.74, 6) is 4.50. The largest absolute Gasteiger partial charge is 0.473 e. The molecule has 3 aromatic rings. The second-order valence-corrected chi connectivity index (χ2v) is 11.0. The molecule has 2 aliphatic rings. The van der Waals surface area contributed by atoms with E-state index in [4.69, 9.17) is 18.5 Å². The number of rotatable bonds is 10. The monoisotopic (exact) mass is 532 g/mol. The summed E-state index contributed by atoms with van der Waals surface area (Å²) in [5, 5.41) is 8.17. The van der Waals surface area contributed by atoms with Crippen LogP contribution in [-0.4, -0.2) is 73.4 Å². The maximum Gasteiger partial charge on any atom is 0.324 e. The van der Waals surface area contributed by atoms with E-state index in [0.717, 1.165) is 81.1 Å². The van der Waals surface area contributed by atoms with Crippen LogP contribution in [0, 0.1) is 5.92 Å². The van der Waals surface area contributed by atoms with E-state index in [1.165, 1.54) is 0 Å². The number of aromatic nitrogens is 6. The number of hydrogen-bond acceptors (Lipinski definition) is 13. The molecule has 13 heteroatoms. The lowest BCUT2D eigenvalue weighted by Gasteiger charge is -2.30. The van der Waals surface area contributed by atoms with Gasteiger partial charge in [0.05, 0.1) is 18.3 Å². The zero-order chi connectivity index (χ0) is 25.8. The number of likely N-dealkylation sites (tertiary alicyclic amines) is 1. The van der Waals surface area contributed by atoms with Crippen LogP contribution in [0.25, 0.3) is 0 Å². The van der Waals surface area contributed by atoms with Gasteiger partial charge in [-0.3, -0.25) is 4.90 Å². The first-order valence-electron chi connectivity index (χ1n) is 13.2. The predicted molar refractivity (Wildman–Crippen MR) is 136 cm³/mol. The van der Waals surface area contributed by atoms with Crippen molar-refractivity contribution in [1.82, 2.24) is 33.9 Å². The first-order valence-corrected chi connectivity index (χ1v) is 13.9. The predicted octanol–water partition coefficient (Wildman–Crippen LogP) is 4.06. The van der Waals surface area contributed by atoms with E-state index < -0.39 is 0 Å². The second-order valence-electron chi connectivity index (χ2n) is 10.5. The summed E-state index contributed by atoms with van der Waals surface area (Å²) in [5.41, 5.74) is 0. The zero-order valence-corrected chi connectivity index (χ0v) is 22.8. The van der Waals surface area contributed by atoms with Gasteiger partial charge in [-0.1, -0.05) is 38.0 Å². The topological polar surface area (TPSA) is 129 Å². The molecule has 0 bridgehead atoms. The Morgan fingerprint density at radius 1 is 0.838 bits per heavy atom.